The highest BCUT2D eigenvalue weighted by Gasteiger charge is 2.23. The van der Waals surface area contributed by atoms with Gasteiger partial charge in [0.1, 0.15) is 18.1 Å². The quantitative estimate of drug-likeness (QED) is 0.589. The number of fused-ring (bicyclic) bond motifs is 1. The summed E-state index contributed by atoms with van der Waals surface area (Å²) in [5, 5.41) is 1.04. The topological polar surface area (TPSA) is 85.9 Å². The molecule has 1 aliphatic heterocycles. The largest absolute Gasteiger partial charge is 0.492 e. The summed E-state index contributed by atoms with van der Waals surface area (Å²) < 4.78 is 31.2. The Morgan fingerprint density at radius 2 is 1.72 bits per heavy atom. The van der Waals surface area contributed by atoms with Crippen LogP contribution in [0, 0.1) is 0 Å². The van der Waals surface area contributed by atoms with Gasteiger partial charge >= 0.3 is 0 Å². The Hall–Kier alpha value is -2.88. The van der Waals surface area contributed by atoms with Crippen LogP contribution in [0.2, 0.25) is 0 Å². The number of piperazine rings is 1. The van der Waals surface area contributed by atoms with E-state index in [1.165, 1.54) is 18.4 Å². The lowest BCUT2D eigenvalue weighted by Gasteiger charge is -2.34. The minimum atomic E-state index is -3.44. The number of amides is 1. The Morgan fingerprint density at radius 1 is 1.03 bits per heavy atom. The third-order valence-electron chi connectivity index (χ3n) is 5.70. The van der Waals surface area contributed by atoms with E-state index in [0.29, 0.717) is 31.1 Å². The number of hydrogen-bond acceptors (Lipinski definition) is 5. The number of nitrogens with zero attached hydrogens (tertiary/aromatic N) is 3. The predicted molar refractivity (Wildman–Crippen MR) is 123 cm³/mol. The molecule has 170 valence electrons. The predicted octanol–water partition coefficient (Wildman–Crippen LogP) is 2.25. The third kappa shape index (κ3) is 4.79. The minimum absolute atomic E-state index is 0.0323. The van der Waals surface area contributed by atoms with Gasteiger partial charge in [-0.3, -0.25) is 9.69 Å². The first-order chi connectivity index (χ1) is 15.3. The number of benzene rings is 2. The van der Waals surface area contributed by atoms with Crippen LogP contribution in [-0.2, 0) is 10.0 Å². The highest BCUT2D eigenvalue weighted by molar-refractivity contribution is 7.89. The lowest BCUT2D eigenvalue weighted by molar-refractivity contribution is 0.0615. The first kappa shape index (κ1) is 22.3. The number of aromatic amines is 1. The number of hydrogen-bond donors (Lipinski definition) is 1. The summed E-state index contributed by atoms with van der Waals surface area (Å²) in [5.41, 5.74) is 1.60. The molecule has 4 rings (SSSR count). The molecule has 2 aromatic carbocycles. The van der Waals surface area contributed by atoms with Gasteiger partial charge in [0.05, 0.1) is 4.90 Å². The molecular weight excluding hydrogens is 428 g/mol. The maximum Gasteiger partial charge on any atom is 0.270 e. The summed E-state index contributed by atoms with van der Waals surface area (Å²) in [6.07, 6.45) is 0. The van der Waals surface area contributed by atoms with Crippen molar-refractivity contribution in [2.45, 2.75) is 4.90 Å². The Labute approximate surface area is 188 Å². The Bertz CT molecular complexity index is 1150. The first-order valence-corrected chi connectivity index (χ1v) is 12.0. The van der Waals surface area contributed by atoms with Crippen LogP contribution in [0.1, 0.15) is 10.5 Å². The van der Waals surface area contributed by atoms with Crippen LogP contribution in [0.25, 0.3) is 10.9 Å². The van der Waals surface area contributed by atoms with E-state index >= 15 is 0 Å². The zero-order valence-corrected chi connectivity index (χ0v) is 19.1. The minimum Gasteiger partial charge on any atom is -0.492 e. The van der Waals surface area contributed by atoms with Crippen molar-refractivity contribution in [3.63, 3.8) is 0 Å². The summed E-state index contributed by atoms with van der Waals surface area (Å²) in [4.78, 5) is 20.4. The lowest BCUT2D eigenvalue weighted by atomic mass is 10.2. The molecule has 9 heteroatoms. The van der Waals surface area contributed by atoms with E-state index in [9.17, 15) is 13.2 Å². The molecule has 0 aliphatic carbocycles. The van der Waals surface area contributed by atoms with E-state index in [1.807, 2.05) is 35.2 Å². The normalized spacial score (nSPS) is 15.4. The van der Waals surface area contributed by atoms with E-state index in [1.54, 1.807) is 24.3 Å². The SMILES string of the molecule is CN(C)S(=O)(=O)c1ccc(OCCN2CCN(C(=O)c3cc4ccccc4[nH]3)CC2)cc1. The smallest absolute Gasteiger partial charge is 0.270 e. The fourth-order valence-corrected chi connectivity index (χ4v) is 4.65. The van der Waals surface area contributed by atoms with Gasteiger partial charge in [0.25, 0.3) is 5.91 Å². The molecule has 0 unspecified atom stereocenters. The molecule has 1 fully saturated rings. The number of para-hydroxylation sites is 1. The van der Waals surface area contributed by atoms with Gasteiger partial charge in [0.15, 0.2) is 0 Å². The molecule has 1 aromatic heterocycles. The van der Waals surface area contributed by atoms with Crippen LogP contribution in [-0.4, -0.2) is 86.8 Å². The van der Waals surface area contributed by atoms with Crippen molar-refractivity contribution in [2.75, 3.05) is 53.4 Å². The molecular formula is C23H28N4O4S. The molecule has 1 saturated heterocycles. The molecule has 32 heavy (non-hydrogen) atoms. The number of H-pyrrole nitrogens is 1. The van der Waals surface area contributed by atoms with Gasteiger partial charge in [0, 0.05) is 57.7 Å². The fourth-order valence-electron chi connectivity index (χ4n) is 3.74. The van der Waals surface area contributed by atoms with Gasteiger partial charge < -0.3 is 14.6 Å². The summed E-state index contributed by atoms with van der Waals surface area (Å²) >= 11 is 0. The van der Waals surface area contributed by atoms with Crippen molar-refractivity contribution in [3.05, 3.63) is 60.3 Å². The van der Waals surface area contributed by atoms with Crippen molar-refractivity contribution in [3.8, 4) is 5.75 Å². The van der Waals surface area contributed by atoms with E-state index in [2.05, 4.69) is 9.88 Å². The summed E-state index contributed by atoms with van der Waals surface area (Å²) in [7, 11) is -0.422. The number of sulfonamides is 1. The maximum absolute atomic E-state index is 12.8. The maximum atomic E-state index is 12.8. The monoisotopic (exact) mass is 456 g/mol. The zero-order valence-electron chi connectivity index (χ0n) is 18.3. The summed E-state index contributed by atoms with van der Waals surface area (Å²) in [5.74, 6) is 0.667. The fraction of sp³-hybridized carbons (Fsp3) is 0.348. The summed E-state index contributed by atoms with van der Waals surface area (Å²) in [6.45, 7) is 4.16. The first-order valence-electron chi connectivity index (χ1n) is 10.6. The van der Waals surface area contributed by atoms with E-state index < -0.39 is 10.0 Å². The highest BCUT2D eigenvalue weighted by atomic mass is 32.2. The molecule has 8 nitrogen and oxygen atoms in total. The van der Waals surface area contributed by atoms with Crippen molar-refractivity contribution >= 4 is 26.8 Å². The second-order valence-electron chi connectivity index (χ2n) is 8.01. The standard InChI is InChI=1S/C23H28N4O4S/c1-25(2)32(29,30)20-9-7-19(8-10-20)31-16-15-26-11-13-27(14-12-26)23(28)22-17-18-5-3-4-6-21(18)24-22/h3-10,17,24H,11-16H2,1-2H3. The highest BCUT2D eigenvalue weighted by Crippen LogP contribution is 2.19. The van der Waals surface area contributed by atoms with Crippen LogP contribution < -0.4 is 4.74 Å². The molecule has 2 heterocycles. The van der Waals surface area contributed by atoms with Crippen LogP contribution in [0.5, 0.6) is 5.75 Å². The molecule has 0 bridgehead atoms. The summed E-state index contributed by atoms with van der Waals surface area (Å²) in [6, 6.07) is 16.2. The van der Waals surface area contributed by atoms with Gasteiger partial charge in [-0.1, -0.05) is 18.2 Å². The molecule has 1 N–H and O–H groups in total. The van der Waals surface area contributed by atoms with E-state index in [-0.39, 0.29) is 10.8 Å². The second-order valence-corrected chi connectivity index (χ2v) is 10.2. The molecule has 0 spiro atoms. The lowest BCUT2D eigenvalue weighted by Crippen LogP contribution is -2.49. The van der Waals surface area contributed by atoms with Gasteiger partial charge in [-0.2, -0.15) is 0 Å². The van der Waals surface area contributed by atoms with Crippen LogP contribution in [0.15, 0.2) is 59.5 Å². The van der Waals surface area contributed by atoms with E-state index in [4.69, 9.17) is 4.74 Å². The number of ether oxygens (including phenoxy) is 1. The number of carbonyl (C=O) groups excluding carboxylic acids is 1. The third-order valence-corrected chi connectivity index (χ3v) is 7.53. The number of carbonyl (C=O) groups is 1. The molecule has 1 amide bonds. The second kappa shape index (κ2) is 9.32. The van der Waals surface area contributed by atoms with Gasteiger partial charge in [0.2, 0.25) is 10.0 Å². The molecule has 1 aliphatic rings. The average Bonchev–Trinajstić information content (AvgIpc) is 3.24. The van der Waals surface area contributed by atoms with Crippen LogP contribution in [0.4, 0.5) is 0 Å². The Balaban J connectivity index is 1.23. The molecule has 0 atom stereocenters. The number of aromatic nitrogens is 1. The van der Waals surface area contributed by atoms with Crippen LogP contribution in [0.3, 0.4) is 0 Å². The van der Waals surface area contributed by atoms with Crippen LogP contribution >= 0.6 is 0 Å². The number of nitrogens with one attached hydrogen (secondary N) is 1. The van der Waals surface area contributed by atoms with Crippen molar-refractivity contribution in [2.24, 2.45) is 0 Å². The van der Waals surface area contributed by atoms with Crippen molar-refractivity contribution in [1.82, 2.24) is 19.1 Å². The zero-order chi connectivity index (χ0) is 22.7. The van der Waals surface area contributed by atoms with Gasteiger partial charge in [-0.05, 0) is 36.4 Å². The molecule has 3 aromatic rings. The Morgan fingerprint density at radius 3 is 2.38 bits per heavy atom. The number of rotatable bonds is 7. The molecule has 0 radical (unpaired) electrons. The van der Waals surface area contributed by atoms with Crippen molar-refractivity contribution in [1.29, 1.82) is 0 Å². The van der Waals surface area contributed by atoms with E-state index in [0.717, 1.165) is 30.5 Å². The van der Waals surface area contributed by atoms with Gasteiger partial charge in [-0.25, -0.2) is 12.7 Å². The van der Waals surface area contributed by atoms with Gasteiger partial charge in [-0.15, -0.1) is 0 Å². The molecule has 0 saturated carbocycles. The average molecular weight is 457 g/mol. The van der Waals surface area contributed by atoms with Crippen molar-refractivity contribution < 1.29 is 17.9 Å². The Kier molecular flexibility index (Phi) is 6.50.